The lowest BCUT2D eigenvalue weighted by Gasteiger charge is -2.21. The van der Waals surface area contributed by atoms with Gasteiger partial charge in [-0.25, -0.2) is 0 Å². The Kier molecular flexibility index (Phi) is 5.52. The maximum Gasteiger partial charge on any atom is 0.286 e. The van der Waals surface area contributed by atoms with Crippen LogP contribution in [-0.2, 0) is 9.59 Å². The first kappa shape index (κ1) is 16.3. The highest BCUT2D eigenvalue weighted by molar-refractivity contribution is 6.01. The molecule has 0 atom stereocenters. The number of nitrogens with one attached hydrogen (secondary N) is 2. The van der Waals surface area contributed by atoms with E-state index in [9.17, 15) is 9.59 Å². The average Bonchev–Trinajstić information content (AvgIpc) is 2.55. The van der Waals surface area contributed by atoms with Gasteiger partial charge in [-0.1, -0.05) is 48.5 Å². The Morgan fingerprint density at radius 2 is 1.52 bits per heavy atom. The first-order chi connectivity index (χ1) is 11.1. The van der Waals surface area contributed by atoms with Crippen LogP contribution < -0.4 is 15.8 Å². The van der Waals surface area contributed by atoms with E-state index in [-0.39, 0.29) is 11.6 Å². The minimum atomic E-state index is -0.393. The standard InChI is InChI=1S/C18H19N3O2/c1-14(22)19-17(13-15-9-5-3-6-10-15)18(23)20-21(2)16-11-7-4-8-12-16/h3-13H,1-2H3,(H,19,22)(H,20,23)/b17-13-. The van der Waals surface area contributed by atoms with Crippen LogP contribution in [0, 0.1) is 0 Å². The minimum Gasteiger partial charge on any atom is -0.322 e. The summed E-state index contributed by atoms with van der Waals surface area (Å²) in [5, 5.41) is 4.17. The molecule has 0 aliphatic heterocycles. The van der Waals surface area contributed by atoms with Gasteiger partial charge in [0.15, 0.2) is 0 Å². The molecule has 0 fully saturated rings. The largest absolute Gasteiger partial charge is 0.322 e. The van der Waals surface area contributed by atoms with E-state index in [1.807, 2.05) is 60.7 Å². The molecule has 118 valence electrons. The second kappa shape index (κ2) is 7.79. The topological polar surface area (TPSA) is 61.4 Å². The SMILES string of the molecule is CC(=O)N/C(=C\c1ccccc1)C(=O)NN(C)c1ccccc1. The molecule has 2 N–H and O–H groups in total. The first-order valence-corrected chi connectivity index (χ1v) is 7.20. The highest BCUT2D eigenvalue weighted by Gasteiger charge is 2.13. The first-order valence-electron chi connectivity index (χ1n) is 7.20. The van der Waals surface area contributed by atoms with Gasteiger partial charge in [0.25, 0.3) is 5.91 Å². The second-order valence-corrected chi connectivity index (χ2v) is 4.99. The summed E-state index contributed by atoms with van der Waals surface area (Å²) in [5.41, 5.74) is 4.58. The number of hydrogen-bond donors (Lipinski definition) is 2. The fraction of sp³-hybridized carbons (Fsp3) is 0.111. The Hall–Kier alpha value is -3.08. The Balaban J connectivity index is 2.17. The maximum absolute atomic E-state index is 12.4. The van der Waals surface area contributed by atoms with Crippen molar-refractivity contribution in [3.8, 4) is 0 Å². The van der Waals surface area contributed by atoms with Crippen LogP contribution in [0.25, 0.3) is 6.08 Å². The van der Waals surface area contributed by atoms with Crippen LogP contribution in [-0.4, -0.2) is 18.9 Å². The second-order valence-electron chi connectivity index (χ2n) is 4.99. The zero-order valence-electron chi connectivity index (χ0n) is 13.1. The lowest BCUT2D eigenvalue weighted by atomic mass is 10.2. The smallest absolute Gasteiger partial charge is 0.286 e. The highest BCUT2D eigenvalue weighted by Crippen LogP contribution is 2.10. The van der Waals surface area contributed by atoms with Crippen LogP contribution in [0.1, 0.15) is 12.5 Å². The summed E-state index contributed by atoms with van der Waals surface area (Å²) in [7, 11) is 1.74. The number of para-hydroxylation sites is 1. The van der Waals surface area contributed by atoms with Crippen molar-refractivity contribution in [2.24, 2.45) is 0 Å². The third-order valence-electron chi connectivity index (χ3n) is 3.08. The van der Waals surface area contributed by atoms with Crippen molar-refractivity contribution in [2.75, 3.05) is 12.1 Å². The molecule has 2 rings (SSSR count). The normalized spacial score (nSPS) is 10.8. The number of carbonyl (C=O) groups excluding carboxylic acids is 2. The molecule has 0 radical (unpaired) electrons. The van der Waals surface area contributed by atoms with Crippen molar-refractivity contribution in [3.05, 3.63) is 71.9 Å². The van der Waals surface area contributed by atoms with Crippen LogP contribution in [0.4, 0.5) is 5.69 Å². The molecule has 0 aliphatic rings. The van der Waals surface area contributed by atoms with Crippen LogP contribution in [0.2, 0.25) is 0 Å². The summed E-state index contributed by atoms with van der Waals surface area (Å²) in [5.74, 6) is -0.694. The van der Waals surface area contributed by atoms with Crippen molar-refractivity contribution >= 4 is 23.6 Å². The zero-order chi connectivity index (χ0) is 16.7. The minimum absolute atomic E-state index is 0.187. The Bertz CT molecular complexity index is 697. The van der Waals surface area contributed by atoms with Gasteiger partial charge >= 0.3 is 0 Å². The molecule has 0 saturated carbocycles. The van der Waals surface area contributed by atoms with Gasteiger partial charge in [-0.05, 0) is 23.8 Å². The summed E-state index contributed by atoms with van der Waals surface area (Å²) in [6.07, 6.45) is 1.63. The predicted octanol–water partition coefficient (Wildman–Crippen LogP) is 2.33. The third kappa shape index (κ3) is 5.00. The van der Waals surface area contributed by atoms with Gasteiger partial charge in [-0.2, -0.15) is 0 Å². The van der Waals surface area contributed by atoms with Crippen molar-refractivity contribution < 1.29 is 9.59 Å². The van der Waals surface area contributed by atoms with E-state index in [4.69, 9.17) is 0 Å². The number of carbonyl (C=O) groups is 2. The molecule has 23 heavy (non-hydrogen) atoms. The molecule has 0 aromatic heterocycles. The average molecular weight is 309 g/mol. The van der Waals surface area contributed by atoms with E-state index in [2.05, 4.69) is 10.7 Å². The number of rotatable bonds is 5. The number of benzene rings is 2. The van der Waals surface area contributed by atoms with Crippen LogP contribution in [0.15, 0.2) is 66.4 Å². The molecule has 5 nitrogen and oxygen atoms in total. The van der Waals surface area contributed by atoms with E-state index in [0.29, 0.717) is 0 Å². The Morgan fingerprint density at radius 1 is 0.957 bits per heavy atom. The zero-order valence-corrected chi connectivity index (χ0v) is 13.1. The van der Waals surface area contributed by atoms with Crippen molar-refractivity contribution in [3.63, 3.8) is 0 Å². The molecule has 0 unspecified atom stereocenters. The number of hydrazine groups is 1. The van der Waals surface area contributed by atoms with Gasteiger partial charge in [0.2, 0.25) is 5.91 Å². The number of amides is 2. The van der Waals surface area contributed by atoms with Gasteiger partial charge in [-0.3, -0.25) is 20.0 Å². The van der Waals surface area contributed by atoms with Gasteiger partial charge in [0, 0.05) is 14.0 Å². The molecule has 0 bridgehead atoms. The fourth-order valence-electron chi connectivity index (χ4n) is 1.99. The van der Waals surface area contributed by atoms with Gasteiger partial charge in [-0.15, -0.1) is 0 Å². The summed E-state index contributed by atoms with van der Waals surface area (Å²) >= 11 is 0. The Morgan fingerprint density at radius 3 is 2.09 bits per heavy atom. The molecule has 0 saturated heterocycles. The highest BCUT2D eigenvalue weighted by atomic mass is 16.2. The van der Waals surface area contributed by atoms with Crippen molar-refractivity contribution in [1.29, 1.82) is 0 Å². The summed E-state index contributed by atoms with van der Waals surface area (Å²) in [6, 6.07) is 18.7. The van der Waals surface area contributed by atoms with Gasteiger partial charge < -0.3 is 5.32 Å². The molecule has 0 aliphatic carbocycles. The summed E-state index contributed by atoms with van der Waals surface area (Å²) in [4.78, 5) is 23.8. The number of hydrogen-bond acceptors (Lipinski definition) is 3. The molecular weight excluding hydrogens is 290 g/mol. The lowest BCUT2D eigenvalue weighted by molar-refractivity contribution is -0.122. The Labute approximate surface area is 135 Å². The van der Waals surface area contributed by atoms with Crippen LogP contribution >= 0.6 is 0 Å². The van der Waals surface area contributed by atoms with E-state index >= 15 is 0 Å². The lowest BCUT2D eigenvalue weighted by Crippen LogP contribution is -2.43. The molecule has 0 heterocycles. The van der Waals surface area contributed by atoms with Gasteiger partial charge in [0.1, 0.15) is 5.70 Å². The van der Waals surface area contributed by atoms with Crippen molar-refractivity contribution in [1.82, 2.24) is 10.7 Å². The van der Waals surface area contributed by atoms with E-state index in [1.54, 1.807) is 18.1 Å². The van der Waals surface area contributed by atoms with E-state index < -0.39 is 5.91 Å². The molecular formula is C18H19N3O2. The van der Waals surface area contributed by atoms with Crippen molar-refractivity contribution in [2.45, 2.75) is 6.92 Å². The third-order valence-corrected chi connectivity index (χ3v) is 3.08. The number of anilines is 1. The monoisotopic (exact) mass is 309 g/mol. The fourth-order valence-corrected chi connectivity index (χ4v) is 1.99. The molecule has 0 spiro atoms. The quantitative estimate of drug-likeness (QED) is 0.658. The molecule has 2 aromatic carbocycles. The van der Waals surface area contributed by atoms with Crippen LogP contribution in [0.5, 0.6) is 0 Å². The van der Waals surface area contributed by atoms with Gasteiger partial charge in [0.05, 0.1) is 5.69 Å². The van der Waals surface area contributed by atoms with Crippen LogP contribution in [0.3, 0.4) is 0 Å². The molecule has 2 aromatic rings. The van der Waals surface area contributed by atoms with E-state index in [0.717, 1.165) is 11.3 Å². The predicted molar refractivity (Wildman–Crippen MR) is 91.2 cm³/mol. The maximum atomic E-state index is 12.4. The summed E-state index contributed by atoms with van der Waals surface area (Å²) < 4.78 is 0. The number of nitrogens with zero attached hydrogens (tertiary/aromatic N) is 1. The summed E-state index contributed by atoms with van der Waals surface area (Å²) in [6.45, 7) is 1.37. The van der Waals surface area contributed by atoms with E-state index in [1.165, 1.54) is 6.92 Å². The molecule has 2 amide bonds. The molecule has 5 heteroatoms.